The van der Waals surface area contributed by atoms with Gasteiger partial charge in [-0.3, -0.25) is 0 Å². The van der Waals surface area contributed by atoms with E-state index in [-0.39, 0.29) is 0 Å². The van der Waals surface area contributed by atoms with Crippen molar-refractivity contribution in [3.63, 3.8) is 0 Å². The van der Waals surface area contributed by atoms with Crippen molar-refractivity contribution in [2.75, 3.05) is 18.0 Å². The van der Waals surface area contributed by atoms with Crippen LogP contribution in [0.25, 0.3) is 16.9 Å². The van der Waals surface area contributed by atoms with Gasteiger partial charge in [-0.25, -0.2) is 9.67 Å². The molecule has 2 heterocycles. The first-order valence-corrected chi connectivity index (χ1v) is 10.3. The highest BCUT2D eigenvalue weighted by atomic mass is 16.5. The van der Waals surface area contributed by atoms with Crippen LogP contribution < -0.4 is 9.64 Å². The summed E-state index contributed by atoms with van der Waals surface area (Å²) >= 11 is 0. The fraction of sp³-hybridized carbons (Fsp3) is 0.292. The van der Waals surface area contributed by atoms with Gasteiger partial charge in [0.1, 0.15) is 17.3 Å². The van der Waals surface area contributed by atoms with Crippen LogP contribution in [0.2, 0.25) is 0 Å². The molecule has 0 aliphatic rings. The Morgan fingerprint density at radius 2 is 1.67 bits per heavy atom. The van der Waals surface area contributed by atoms with E-state index in [0.717, 1.165) is 58.0 Å². The molecular weight excluding hydrogens is 374 g/mol. The molecule has 0 saturated carbocycles. The second kappa shape index (κ2) is 8.14. The number of hydrogen-bond acceptors (Lipinski definition) is 5. The number of rotatable bonds is 6. The standard InChI is InChI=1S/C24H27N5O/c1-6-28(7-2)23-19-15-21(30-22-16(3)10-8-11-17(22)4)18(5)14-20(19)26-24(27-23)29-13-9-12-25-29/h8-15H,6-7H2,1-5H3. The van der Waals surface area contributed by atoms with Crippen LogP contribution in [-0.4, -0.2) is 32.8 Å². The van der Waals surface area contributed by atoms with Crippen molar-refractivity contribution >= 4 is 16.7 Å². The average Bonchev–Trinajstić information content (AvgIpc) is 3.27. The number of aromatic nitrogens is 4. The molecule has 0 radical (unpaired) electrons. The fourth-order valence-corrected chi connectivity index (χ4v) is 3.67. The van der Waals surface area contributed by atoms with Crippen molar-refractivity contribution in [1.29, 1.82) is 0 Å². The summed E-state index contributed by atoms with van der Waals surface area (Å²) in [6.07, 6.45) is 3.59. The Balaban J connectivity index is 1.90. The van der Waals surface area contributed by atoms with Crippen LogP contribution in [0.1, 0.15) is 30.5 Å². The Kier molecular flexibility index (Phi) is 5.40. The number of fused-ring (bicyclic) bond motifs is 1. The van der Waals surface area contributed by atoms with Gasteiger partial charge in [0, 0.05) is 30.9 Å². The predicted octanol–water partition coefficient (Wildman–Crippen LogP) is 5.38. The minimum absolute atomic E-state index is 0.567. The number of anilines is 1. The van der Waals surface area contributed by atoms with Crippen LogP contribution in [0.15, 0.2) is 48.8 Å². The minimum Gasteiger partial charge on any atom is -0.457 e. The Morgan fingerprint density at radius 1 is 0.933 bits per heavy atom. The number of nitrogens with zero attached hydrogens (tertiary/aromatic N) is 5. The maximum Gasteiger partial charge on any atom is 0.253 e. The van der Waals surface area contributed by atoms with Crippen molar-refractivity contribution in [1.82, 2.24) is 19.7 Å². The average molecular weight is 402 g/mol. The van der Waals surface area contributed by atoms with Crippen LogP contribution in [0.5, 0.6) is 11.5 Å². The Bertz CT molecular complexity index is 1160. The Hall–Kier alpha value is -3.41. The lowest BCUT2D eigenvalue weighted by Gasteiger charge is -2.23. The molecule has 0 unspecified atom stereocenters. The van der Waals surface area contributed by atoms with E-state index in [1.54, 1.807) is 10.9 Å². The molecule has 6 heteroatoms. The van der Waals surface area contributed by atoms with Gasteiger partial charge in [0.05, 0.1) is 5.52 Å². The van der Waals surface area contributed by atoms with E-state index >= 15 is 0 Å². The monoisotopic (exact) mass is 401 g/mol. The first-order valence-electron chi connectivity index (χ1n) is 10.3. The van der Waals surface area contributed by atoms with Gasteiger partial charge in [-0.2, -0.15) is 10.1 Å². The number of benzene rings is 2. The van der Waals surface area contributed by atoms with Crippen molar-refractivity contribution in [3.05, 3.63) is 65.5 Å². The largest absolute Gasteiger partial charge is 0.457 e. The van der Waals surface area contributed by atoms with Gasteiger partial charge < -0.3 is 9.64 Å². The van der Waals surface area contributed by atoms with E-state index in [0.29, 0.717) is 5.95 Å². The third kappa shape index (κ3) is 3.61. The second-order valence-electron chi connectivity index (χ2n) is 7.43. The van der Waals surface area contributed by atoms with Gasteiger partial charge in [0.15, 0.2) is 0 Å². The van der Waals surface area contributed by atoms with Crippen molar-refractivity contribution < 1.29 is 4.74 Å². The maximum absolute atomic E-state index is 6.39. The van der Waals surface area contributed by atoms with Crippen molar-refractivity contribution in [2.45, 2.75) is 34.6 Å². The lowest BCUT2D eigenvalue weighted by molar-refractivity contribution is 0.472. The van der Waals surface area contributed by atoms with Crippen LogP contribution in [-0.2, 0) is 0 Å². The summed E-state index contributed by atoms with van der Waals surface area (Å²) in [6, 6.07) is 12.2. The summed E-state index contributed by atoms with van der Waals surface area (Å²) in [5, 5.41) is 5.28. The third-order valence-electron chi connectivity index (χ3n) is 5.35. The molecule has 0 aliphatic heterocycles. The summed E-state index contributed by atoms with van der Waals surface area (Å²) in [4.78, 5) is 11.9. The van der Waals surface area contributed by atoms with Crippen molar-refractivity contribution in [3.8, 4) is 17.4 Å². The molecule has 0 aliphatic carbocycles. The zero-order chi connectivity index (χ0) is 21.3. The molecule has 0 bridgehead atoms. The lowest BCUT2D eigenvalue weighted by atomic mass is 10.1. The normalized spacial score (nSPS) is 11.1. The van der Waals surface area contributed by atoms with E-state index in [4.69, 9.17) is 14.7 Å². The van der Waals surface area contributed by atoms with Gasteiger partial charge in [-0.1, -0.05) is 18.2 Å². The summed E-state index contributed by atoms with van der Waals surface area (Å²) in [6.45, 7) is 12.2. The van der Waals surface area contributed by atoms with Gasteiger partial charge in [-0.05, 0) is 69.5 Å². The molecule has 0 spiro atoms. The van der Waals surface area contributed by atoms with E-state index in [1.165, 1.54) is 0 Å². The first-order chi connectivity index (χ1) is 14.5. The topological polar surface area (TPSA) is 56.1 Å². The molecule has 2 aromatic heterocycles. The quantitative estimate of drug-likeness (QED) is 0.434. The molecule has 0 amide bonds. The second-order valence-corrected chi connectivity index (χ2v) is 7.43. The summed E-state index contributed by atoms with van der Waals surface area (Å²) in [5.74, 6) is 3.18. The molecule has 4 rings (SSSR count). The number of aryl methyl sites for hydroxylation is 3. The molecule has 6 nitrogen and oxygen atoms in total. The maximum atomic E-state index is 6.39. The minimum atomic E-state index is 0.567. The first kappa shape index (κ1) is 19.9. The molecule has 4 aromatic rings. The Morgan fingerprint density at radius 3 is 2.30 bits per heavy atom. The molecular formula is C24H27N5O. The molecule has 0 fully saturated rings. The number of ether oxygens (including phenoxy) is 1. The molecule has 0 atom stereocenters. The van der Waals surface area contributed by atoms with Gasteiger partial charge in [0.2, 0.25) is 0 Å². The van der Waals surface area contributed by atoms with Crippen LogP contribution in [0.4, 0.5) is 5.82 Å². The SMILES string of the molecule is CCN(CC)c1nc(-n2cccn2)nc2cc(C)c(Oc3c(C)cccc3C)cc12. The number of hydrogen-bond donors (Lipinski definition) is 0. The van der Waals surface area contributed by atoms with E-state index in [9.17, 15) is 0 Å². The van der Waals surface area contributed by atoms with Crippen LogP contribution in [0, 0.1) is 20.8 Å². The molecule has 154 valence electrons. The van der Waals surface area contributed by atoms with Crippen molar-refractivity contribution in [2.24, 2.45) is 0 Å². The van der Waals surface area contributed by atoms with E-state index < -0.39 is 0 Å². The van der Waals surface area contributed by atoms with Gasteiger partial charge in [0.25, 0.3) is 5.95 Å². The molecule has 2 aromatic carbocycles. The summed E-state index contributed by atoms with van der Waals surface area (Å²) in [5.41, 5.74) is 4.14. The highest BCUT2D eigenvalue weighted by molar-refractivity contribution is 5.92. The smallest absolute Gasteiger partial charge is 0.253 e. The fourth-order valence-electron chi connectivity index (χ4n) is 3.67. The number of para-hydroxylation sites is 1. The van der Waals surface area contributed by atoms with Crippen LogP contribution >= 0.6 is 0 Å². The van der Waals surface area contributed by atoms with E-state index in [1.807, 2.05) is 18.3 Å². The molecule has 0 N–H and O–H groups in total. The predicted molar refractivity (Wildman–Crippen MR) is 121 cm³/mol. The zero-order valence-corrected chi connectivity index (χ0v) is 18.2. The highest BCUT2D eigenvalue weighted by Gasteiger charge is 2.17. The zero-order valence-electron chi connectivity index (χ0n) is 18.2. The van der Waals surface area contributed by atoms with Gasteiger partial charge in [-0.15, -0.1) is 0 Å². The molecule has 30 heavy (non-hydrogen) atoms. The lowest BCUT2D eigenvalue weighted by Crippen LogP contribution is -2.24. The van der Waals surface area contributed by atoms with E-state index in [2.05, 4.69) is 68.9 Å². The summed E-state index contributed by atoms with van der Waals surface area (Å²) < 4.78 is 8.09. The third-order valence-corrected chi connectivity index (χ3v) is 5.35. The Labute approximate surface area is 177 Å². The highest BCUT2D eigenvalue weighted by Crippen LogP contribution is 2.35. The molecule has 0 saturated heterocycles. The van der Waals surface area contributed by atoms with Gasteiger partial charge >= 0.3 is 0 Å². The van der Waals surface area contributed by atoms with Crippen LogP contribution in [0.3, 0.4) is 0 Å². The summed E-state index contributed by atoms with van der Waals surface area (Å²) in [7, 11) is 0.